The summed E-state index contributed by atoms with van der Waals surface area (Å²) in [6.45, 7) is 2.13. The van der Waals surface area contributed by atoms with Crippen LogP contribution >= 0.6 is 0 Å². The number of hydrogen-bond donors (Lipinski definition) is 0. The first-order valence-electron chi connectivity index (χ1n) is 9.71. The van der Waals surface area contributed by atoms with Crippen molar-refractivity contribution in [3.63, 3.8) is 0 Å². The van der Waals surface area contributed by atoms with Crippen molar-refractivity contribution in [1.82, 2.24) is 14.8 Å². The van der Waals surface area contributed by atoms with Crippen LogP contribution in [-0.4, -0.2) is 52.3 Å². The quantitative estimate of drug-likeness (QED) is 0.831. The van der Waals surface area contributed by atoms with Crippen molar-refractivity contribution in [1.29, 1.82) is 0 Å². The minimum atomic E-state index is -0.347. The van der Waals surface area contributed by atoms with Gasteiger partial charge in [-0.05, 0) is 44.2 Å². The SMILES string of the molecule is O=C(c1ccccn1)N1CC[C@]2(CCCN(C3CCCCC3)C2=O)C1. The van der Waals surface area contributed by atoms with Crippen molar-refractivity contribution in [3.05, 3.63) is 30.1 Å². The molecule has 0 bridgehead atoms. The van der Waals surface area contributed by atoms with Crippen LogP contribution in [0.5, 0.6) is 0 Å². The van der Waals surface area contributed by atoms with Crippen LogP contribution in [0, 0.1) is 5.41 Å². The Hall–Kier alpha value is -1.91. The monoisotopic (exact) mass is 341 g/mol. The molecule has 0 N–H and O–H groups in total. The Balaban J connectivity index is 1.48. The first kappa shape index (κ1) is 16.6. The molecule has 25 heavy (non-hydrogen) atoms. The van der Waals surface area contributed by atoms with Gasteiger partial charge in [-0.3, -0.25) is 14.6 Å². The van der Waals surface area contributed by atoms with Gasteiger partial charge in [0.2, 0.25) is 5.91 Å². The Bertz CT molecular complexity index is 642. The van der Waals surface area contributed by atoms with Gasteiger partial charge in [-0.15, -0.1) is 0 Å². The number of amides is 2. The lowest BCUT2D eigenvalue weighted by atomic mass is 9.77. The summed E-state index contributed by atoms with van der Waals surface area (Å²) in [6, 6.07) is 5.83. The van der Waals surface area contributed by atoms with Gasteiger partial charge in [0.25, 0.3) is 5.91 Å². The zero-order chi connectivity index (χ0) is 17.3. The lowest BCUT2D eigenvalue weighted by Crippen LogP contribution is -2.54. The van der Waals surface area contributed by atoms with Gasteiger partial charge in [-0.1, -0.05) is 25.3 Å². The van der Waals surface area contributed by atoms with E-state index in [1.54, 1.807) is 12.3 Å². The Labute approximate surface area is 149 Å². The summed E-state index contributed by atoms with van der Waals surface area (Å²) in [6.07, 6.45) is 10.5. The van der Waals surface area contributed by atoms with Gasteiger partial charge in [-0.25, -0.2) is 0 Å². The fourth-order valence-corrected chi connectivity index (χ4v) is 4.92. The number of rotatable bonds is 2. The fraction of sp³-hybridized carbons (Fsp3) is 0.650. The standard InChI is InChI=1S/C20H27N3O2/c24-18(17-9-4-5-12-21-17)22-14-11-20(15-22)10-6-13-23(19(20)25)16-7-2-1-3-8-16/h4-5,9,12,16H,1-3,6-8,10-11,13-15H2/t20-/m1/s1. The van der Waals surface area contributed by atoms with E-state index in [2.05, 4.69) is 9.88 Å². The van der Waals surface area contributed by atoms with Crippen molar-refractivity contribution in [3.8, 4) is 0 Å². The van der Waals surface area contributed by atoms with Crippen molar-refractivity contribution >= 4 is 11.8 Å². The molecule has 1 aromatic rings. The molecule has 0 aromatic carbocycles. The maximum Gasteiger partial charge on any atom is 0.272 e. The second kappa shape index (κ2) is 6.77. The maximum atomic E-state index is 13.3. The molecule has 2 aliphatic heterocycles. The molecule has 1 aliphatic carbocycles. The Morgan fingerprint density at radius 1 is 1.08 bits per heavy atom. The highest BCUT2D eigenvalue weighted by Gasteiger charge is 2.50. The molecule has 2 amide bonds. The van der Waals surface area contributed by atoms with Crippen molar-refractivity contribution in [2.45, 2.75) is 57.4 Å². The Morgan fingerprint density at radius 2 is 1.92 bits per heavy atom. The molecule has 3 aliphatic rings. The number of carbonyl (C=O) groups is 2. The van der Waals surface area contributed by atoms with Crippen molar-refractivity contribution in [2.24, 2.45) is 5.41 Å². The van der Waals surface area contributed by atoms with E-state index in [-0.39, 0.29) is 11.3 Å². The van der Waals surface area contributed by atoms with E-state index < -0.39 is 0 Å². The summed E-state index contributed by atoms with van der Waals surface area (Å²) in [5, 5.41) is 0. The molecule has 4 rings (SSSR count). The summed E-state index contributed by atoms with van der Waals surface area (Å²) in [7, 11) is 0. The molecule has 0 unspecified atom stereocenters. The zero-order valence-electron chi connectivity index (χ0n) is 14.8. The summed E-state index contributed by atoms with van der Waals surface area (Å²) < 4.78 is 0. The highest BCUT2D eigenvalue weighted by molar-refractivity contribution is 5.94. The molecule has 1 saturated carbocycles. The van der Waals surface area contributed by atoms with E-state index in [0.717, 1.165) is 38.6 Å². The van der Waals surface area contributed by atoms with Gasteiger partial charge in [0.1, 0.15) is 5.69 Å². The van der Waals surface area contributed by atoms with Gasteiger partial charge in [0, 0.05) is 31.9 Å². The van der Waals surface area contributed by atoms with E-state index in [0.29, 0.717) is 30.7 Å². The molecule has 3 fully saturated rings. The molecule has 5 nitrogen and oxygen atoms in total. The molecular formula is C20H27N3O2. The summed E-state index contributed by atoms with van der Waals surface area (Å²) in [4.78, 5) is 34.2. The third-order valence-electron chi connectivity index (χ3n) is 6.31. The predicted molar refractivity (Wildman–Crippen MR) is 95.0 cm³/mol. The smallest absolute Gasteiger partial charge is 0.272 e. The first-order chi connectivity index (χ1) is 12.2. The van der Waals surface area contributed by atoms with Gasteiger partial charge in [-0.2, -0.15) is 0 Å². The van der Waals surface area contributed by atoms with Gasteiger partial charge >= 0.3 is 0 Å². The highest BCUT2D eigenvalue weighted by atomic mass is 16.2. The van der Waals surface area contributed by atoms with Crippen molar-refractivity contribution < 1.29 is 9.59 Å². The second-order valence-electron chi connectivity index (χ2n) is 7.87. The molecular weight excluding hydrogens is 314 g/mol. The molecule has 134 valence electrons. The molecule has 3 heterocycles. The zero-order valence-corrected chi connectivity index (χ0v) is 14.8. The Kier molecular flexibility index (Phi) is 4.48. The predicted octanol–water partition coefficient (Wildman–Crippen LogP) is 2.87. The largest absolute Gasteiger partial charge is 0.339 e. The van der Waals surface area contributed by atoms with Crippen LogP contribution in [0.25, 0.3) is 0 Å². The van der Waals surface area contributed by atoms with Gasteiger partial charge in [0.15, 0.2) is 0 Å². The normalized spacial score (nSPS) is 27.9. The number of pyridine rings is 1. The first-order valence-corrected chi connectivity index (χ1v) is 9.71. The van der Waals surface area contributed by atoms with Crippen LogP contribution in [0.2, 0.25) is 0 Å². The van der Waals surface area contributed by atoms with E-state index in [1.165, 1.54) is 19.3 Å². The second-order valence-corrected chi connectivity index (χ2v) is 7.87. The van der Waals surface area contributed by atoms with E-state index >= 15 is 0 Å². The molecule has 2 saturated heterocycles. The minimum absolute atomic E-state index is 0.0416. The average molecular weight is 341 g/mol. The summed E-state index contributed by atoms with van der Waals surface area (Å²) >= 11 is 0. The molecule has 5 heteroatoms. The van der Waals surface area contributed by atoms with Gasteiger partial charge in [0.05, 0.1) is 5.41 Å². The maximum absolute atomic E-state index is 13.3. The number of aromatic nitrogens is 1. The number of carbonyl (C=O) groups excluding carboxylic acids is 2. The average Bonchev–Trinajstić information content (AvgIpc) is 3.10. The topological polar surface area (TPSA) is 53.5 Å². The Morgan fingerprint density at radius 3 is 2.68 bits per heavy atom. The van der Waals surface area contributed by atoms with Crippen LogP contribution in [0.4, 0.5) is 0 Å². The lowest BCUT2D eigenvalue weighted by Gasteiger charge is -2.44. The van der Waals surface area contributed by atoms with Crippen LogP contribution in [0.3, 0.4) is 0 Å². The number of likely N-dealkylation sites (tertiary alicyclic amines) is 2. The molecule has 1 spiro atoms. The lowest BCUT2D eigenvalue weighted by molar-refractivity contribution is -0.149. The van der Waals surface area contributed by atoms with E-state index in [1.807, 2.05) is 17.0 Å². The van der Waals surface area contributed by atoms with Crippen molar-refractivity contribution in [2.75, 3.05) is 19.6 Å². The fourth-order valence-electron chi connectivity index (χ4n) is 4.92. The number of piperidine rings is 1. The van der Waals surface area contributed by atoms with E-state index in [9.17, 15) is 9.59 Å². The number of nitrogens with zero attached hydrogens (tertiary/aromatic N) is 3. The third kappa shape index (κ3) is 3.05. The van der Waals surface area contributed by atoms with Crippen LogP contribution in [0.15, 0.2) is 24.4 Å². The molecule has 1 aromatic heterocycles. The van der Waals surface area contributed by atoms with Crippen LogP contribution in [0.1, 0.15) is 61.9 Å². The highest BCUT2D eigenvalue weighted by Crippen LogP contribution is 2.42. The summed E-state index contributed by atoms with van der Waals surface area (Å²) in [5.41, 5.74) is 0.132. The van der Waals surface area contributed by atoms with Crippen LogP contribution in [-0.2, 0) is 4.79 Å². The number of hydrogen-bond acceptors (Lipinski definition) is 3. The summed E-state index contributed by atoms with van der Waals surface area (Å²) in [5.74, 6) is 0.266. The molecule has 1 atom stereocenters. The minimum Gasteiger partial charge on any atom is -0.339 e. The van der Waals surface area contributed by atoms with Gasteiger partial charge < -0.3 is 9.80 Å². The van der Waals surface area contributed by atoms with E-state index in [4.69, 9.17) is 0 Å². The van der Waals surface area contributed by atoms with Crippen LogP contribution < -0.4 is 0 Å². The molecule has 0 radical (unpaired) electrons. The third-order valence-corrected chi connectivity index (χ3v) is 6.31.